The zero-order chi connectivity index (χ0) is 46.6. The van der Waals surface area contributed by atoms with E-state index in [0.717, 1.165) is 43.9 Å². The second-order valence-electron chi connectivity index (χ2n) is 15.1. The van der Waals surface area contributed by atoms with E-state index < -0.39 is 46.3 Å². The Hall–Kier alpha value is -7.51. The maximum Gasteiger partial charge on any atom is 0.337 e. The van der Waals surface area contributed by atoms with E-state index in [-0.39, 0.29) is 72.9 Å². The van der Waals surface area contributed by atoms with Crippen molar-refractivity contribution < 1.29 is 51.2 Å². The molecule has 336 valence electrons. The van der Waals surface area contributed by atoms with E-state index in [0.29, 0.717) is 5.82 Å². The molecule has 0 atom stereocenters. The van der Waals surface area contributed by atoms with Gasteiger partial charge in [-0.05, 0) is 37.6 Å². The van der Waals surface area contributed by atoms with Gasteiger partial charge in [0, 0.05) is 86.0 Å². The number of nitrogens with one attached hydrogen (secondary N) is 2. The average Bonchev–Trinajstić information content (AvgIpc) is 3.30. The predicted octanol–water partition coefficient (Wildman–Crippen LogP) is 7.71. The Balaban J connectivity index is 0.000000216. The van der Waals surface area contributed by atoms with Gasteiger partial charge >= 0.3 is 5.97 Å². The third-order valence-corrected chi connectivity index (χ3v) is 10.8. The Kier molecular flexibility index (Phi) is 13.4. The fourth-order valence-electron chi connectivity index (χ4n) is 7.43. The molecule has 0 spiro atoms. The van der Waals surface area contributed by atoms with Crippen LogP contribution in [0, 0.1) is 23.3 Å². The van der Waals surface area contributed by atoms with Crippen molar-refractivity contribution >= 4 is 39.8 Å². The second kappa shape index (κ2) is 19.1. The number of benzene rings is 4. The molecule has 0 bridgehead atoms. The first-order valence-corrected chi connectivity index (χ1v) is 19.9. The van der Waals surface area contributed by atoms with Gasteiger partial charge in [0.2, 0.25) is 0 Å². The highest BCUT2D eigenvalue weighted by Crippen LogP contribution is 2.42. The number of aromatic nitrogens is 5. The van der Waals surface area contributed by atoms with Crippen LogP contribution in [0.5, 0.6) is 23.0 Å². The molecule has 3 N–H and O–H groups in total. The normalized spacial score (nSPS) is 13.4. The summed E-state index contributed by atoms with van der Waals surface area (Å²) in [7, 11) is 5.03. The summed E-state index contributed by atoms with van der Waals surface area (Å²) in [6, 6.07) is 11.3. The van der Waals surface area contributed by atoms with Crippen LogP contribution in [0.25, 0.3) is 44.3 Å². The number of carbonyl (C=O) groups excluding carboxylic acids is 1. The first kappa shape index (κ1) is 45.5. The Bertz CT molecular complexity index is 2880. The van der Waals surface area contributed by atoms with Crippen LogP contribution in [0.1, 0.15) is 40.1 Å². The third kappa shape index (κ3) is 9.00. The van der Waals surface area contributed by atoms with Gasteiger partial charge in [0.1, 0.15) is 16.9 Å². The van der Waals surface area contributed by atoms with Gasteiger partial charge in [0.05, 0.1) is 61.7 Å². The van der Waals surface area contributed by atoms with Crippen molar-refractivity contribution in [3.63, 3.8) is 0 Å². The van der Waals surface area contributed by atoms with Gasteiger partial charge in [-0.15, -0.1) is 0 Å². The van der Waals surface area contributed by atoms with Crippen LogP contribution in [-0.2, 0) is 6.54 Å². The number of hydrogen-bond donors (Lipinski definition) is 3. The fraction of sp³-hybridized carbons (Fsp3) is 0.239. The molecule has 1 saturated heterocycles. The molecule has 19 heteroatoms. The second-order valence-corrected chi connectivity index (χ2v) is 15.1. The molecular weight excluding hydrogens is 853 g/mol. The summed E-state index contributed by atoms with van der Waals surface area (Å²) in [5, 5.41) is 15.5. The summed E-state index contributed by atoms with van der Waals surface area (Å²) in [6.07, 6.45) is 7.16. The number of rotatable bonds is 11. The SMILES string of the molecule is COc1cc(OC)c(F)c(-c2ccc(C(=O)Nc3ccc(CN4CCNCC4(C)C)cn3)c3nccnc23)c1F.COc1cc(OC)c(F)c(-c2ccc(C(=O)O)c3nccnc23)c1F. The number of methoxy groups -OCH3 is 4. The molecule has 3 aromatic heterocycles. The Morgan fingerprint density at radius 3 is 1.57 bits per heavy atom. The van der Waals surface area contributed by atoms with Gasteiger partial charge < -0.3 is 34.7 Å². The minimum absolute atomic E-state index is 0.0214. The Labute approximate surface area is 369 Å². The zero-order valence-corrected chi connectivity index (χ0v) is 35.9. The van der Waals surface area contributed by atoms with Crippen LogP contribution >= 0.6 is 0 Å². The van der Waals surface area contributed by atoms with Crippen LogP contribution in [0.2, 0.25) is 0 Å². The predicted molar refractivity (Wildman–Crippen MR) is 232 cm³/mol. The lowest BCUT2D eigenvalue weighted by Gasteiger charge is -2.42. The minimum atomic E-state index is -1.22. The zero-order valence-electron chi connectivity index (χ0n) is 35.9. The molecule has 1 aliphatic rings. The number of halogens is 4. The number of fused-ring (bicyclic) bond motifs is 2. The lowest BCUT2D eigenvalue weighted by molar-refractivity contribution is 0.0698. The standard InChI is InChI=1S/C29H30F2N6O3.C17H12F2N2O4/c1-29(2)16-32-11-12-37(29)15-17-5-8-22(35-14-17)36-28(38)19-7-6-18(26-27(19)34-10-9-33-26)23-24(30)20(39-3)13-21(40-4)25(23)31;1-24-10-7-11(25-2)14(19)12(13(10)18)8-3-4-9(17(22)23)16-15(8)20-5-6-21-16/h5-10,13-14,32H,11-12,15-16H2,1-4H3,(H,35,36,38);3-7H,1-2H3,(H,22,23). The van der Waals surface area contributed by atoms with Crippen LogP contribution in [-0.4, -0.2) is 100 Å². The first-order chi connectivity index (χ1) is 31.2. The highest BCUT2D eigenvalue weighted by Gasteiger charge is 2.30. The molecule has 1 fully saturated rings. The molecule has 8 rings (SSSR count). The summed E-state index contributed by atoms with van der Waals surface area (Å²) in [5.74, 6) is -5.89. The van der Waals surface area contributed by atoms with E-state index in [1.165, 1.54) is 77.5 Å². The first-order valence-electron chi connectivity index (χ1n) is 19.9. The van der Waals surface area contributed by atoms with Gasteiger partial charge in [0.15, 0.2) is 46.3 Å². The monoisotopic (exact) mass is 894 g/mol. The topological polar surface area (TPSA) is 183 Å². The molecule has 4 heterocycles. The quantitative estimate of drug-likeness (QED) is 0.107. The van der Waals surface area contributed by atoms with Crippen molar-refractivity contribution in [3.05, 3.63) is 119 Å². The summed E-state index contributed by atoms with van der Waals surface area (Å²) in [5.41, 5.74) is 0.832. The van der Waals surface area contributed by atoms with Gasteiger partial charge in [-0.25, -0.2) is 27.3 Å². The minimum Gasteiger partial charge on any atom is -0.494 e. The summed E-state index contributed by atoms with van der Waals surface area (Å²) < 4.78 is 80.0. The highest BCUT2D eigenvalue weighted by atomic mass is 19.1. The van der Waals surface area contributed by atoms with E-state index in [2.05, 4.69) is 54.3 Å². The molecule has 4 aromatic carbocycles. The lowest BCUT2D eigenvalue weighted by Crippen LogP contribution is -2.57. The number of ether oxygens (including phenoxy) is 4. The smallest absolute Gasteiger partial charge is 0.337 e. The largest absolute Gasteiger partial charge is 0.494 e. The number of carboxylic acids is 1. The molecule has 15 nitrogen and oxygen atoms in total. The van der Waals surface area contributed by atoms with Crippen molar-refractivity contribution in [3.8, 4) is 45.3 Å². The van der Waals surface area contributed by atoms with Gasteiger partial charge in [-0.1, -0.05) is 18.2 Å². The van der Waals surface area contributed by atoms with Gasteiger partial charge in [-0.3, -0.25) is 29.6 Å². The number of carboxylic acid groups (broad SMARTS) is 1. The molecule has 0 aliphatic carbocycles. The highest BCUT2D eigenvalue weighted by molar-refractivity contribution is 6.13. The van der Waals surface area contributed by atoms with Crippen molar-refractivity contribution in [2.45, 2.75) is 25.9 Å². The Morgan fingerprint density at radius 2 is 1.14 bits per heavy atom. The van der Waals surface area contributed by atoms with E-state index in [1.807, 2.05) is 6.07 Å². The van der Waals surface area contributed by atoms with Crippen LogP contribution in [0.3, 0.4) is 0 Å². The molecule has 1 aliphatic heterocycles. The van der Waals surface area contributed by atoms with E-state index in [1.54, 1.807) is 12.3 Å². The van der Waals surface area contributed by atoms with E-state index in [4.69, 9.17) is 18.9 Å². The summed E-state index contributed by atoms with van der Waals surface area (Å²) in [4.78, 5) is 48.1. The maximum atomic E-state index is 15.3. The average molecular weight is 895 g/mol. The lowest BCUT2D eigenvalue weighted by atomic mass is 9.98. The van der Waals surface area contributed by atoms with Crippen LogP contribution < -0.4 is 29.6 Å². The number of carbonyl (C=O) groups is 2. The molecule has 0 radical (unpaired) electrons. The molecule has 7 aromatic rings. The number of amides is 1. The fourth-order valence-corrected chi connectivity index (χ4v) is 7.43. The van der Waals surface area contributed by atoms with Gasteiger partial charge in [-0.2, -0.15) is 0 Å². The van der Waals surface area contributed by atoms with Crippen molar-refractivity contribution in [2.75, 3.05) is 53.4 Å². The Morgan fingerprint density at radius 1 is 0.677 bits per heavy atom. The molecule has 65 heavy (non-hydrogen) atoms. The molecule has 0 unspecified atom stereocenters. The van der Waals surface area contributed by atoms with Crippen LogP contribution in [0.15, 0.2) is 79.5 Å². The van der Waals surface area contributed by atoms with Crippen molar-refractivity contribution in [1.29, 1.82) is 0 Å². The van der Waals surface area contributed by atoms with E-state index >= 15 is 8.78 Å². The van der Waals surface area contributed by atoms with Crippen molar-refractivity contribution in [2.24, 2.45) is 0 Å². The summed E-state index contributed by atoms with van der Waals surface area (Å²) in [6.45, 7) is 7.94. The molecule has 0 saturated carbocycles. The maximum absolute atomic E-state index is 15.3. The number of hydrogen-bond acceptors (Lipinski definition) is 13. The van der Waals surface area contributed by atoms with E-state index in [9.17, 15) is 23.5 Å². The molecule has 1 amide bonds. The number of aromatic carboxylic acids is 1. The number of piperazine rings is 1. The number of nitrogens with zero attached hydrogens (tertiary/aromatic N) is 6. The molecular formula is C46H42F4N8O7. The number of anilines is 1. The van der Waals surface area contributed by atoms with Crippen molar-refractivity contribution in [1.82, 2.24) is 35.1 Å². The summed E-state index contributed by atoms with van der Waals surface area (Å²) >= 11 is 0. The third-order valence-electron chi connectivity index (χ3n) is 10.8. The number of pyridine rings is 1. The van der Waals surface area contributed by atoms with Gasteiger partial charge in [0.25, 0.3) is 5.91 Å². The van der Waals surface area contributed by atoms with Crippen LogP contribution in [0.4, 0.5) is 23.4 Å².